The summed E-state index contributed by atoms with van der Waals surface area (Å²) in [6.07, 6.45) is 2.95. The van der Waals surface area contributed by atoms with Crippen LogP contribution in [0, 0.1) is 0 Å². The van der Waals surface area contributed by atoms with Gasteiger partial charge in [-0.05, 0) is 32.0 Å². The lowest BCUT2D eigenvalue weighted by molar-refractivity contribution is 0.0985. The number of ether oxygens (including phenoxy) is 1. The molecule has 6 heteroatoms. The first-order valence-electron chi connectivity index (χ1n) is 7.63. The first-order chi connectivity index (χ1) is 10.7. The Morgan fingerprint density at radius 3 is 2.91 bits per heavy atom. The second kappa shape index (κ2) is 6.56. The van der Waals surface area contributed by atoms with Gasteiger partial charge in [-0.2, -0.15) is 0 Å². The van der Waals surface area contributed by atoms with Crippen molar-refractivity contribution in [3.05, 3.63) is 30.0 Å². The monoisotopic (exact) mass is 302 g/mol. The zero-order chi connectivity index (χ0) is 15.5. The van der Waals surface area contributed by atoms with E-state index in [2.05, 4.69) is 14.9 Å². The maximum atomic E-state index is 10.6. The van der Waals surface area contributed by atoms with Crippen LogP contribution in [0.3, 0.4) is 0 Å². The van der Waals surface area contributed by atoms with Gasteiger partial charge in [0.1, 0.15) is 0 Å². The molecule has 1 saturated heterocycles. The van der Waals surface area contributed by atoms with Crippen molar-refractivity contribution in [2.75, 3.05) is 26.7 Å². The van der Waals surface area contributed by atoms with Crippen LogP contribution in [0.5, 0.6) is 5.88 Å². The molecule has 3 N–H and O–H groups in total. The summed E-state index contributed by atoms with van der Waals surface area (Å²) >= 11 is 0. The van der Waals surface area contributed by atoms with Crippen LogP contribution in [0.15, 0.2) is 24.4 Å². The summed E-state index contributed by atoms with van der Waals surface area (Å²) in [5.41, 5.74) is 8.17. The molecule has 1 aliphatic heterocycles. The highest BCUT2D eigenvalue weighted by Gasteiger charge is 2.21. The van der Waals surface area contributed by atoms with Crippen molar-refractivity contribution >= 4 is 11.0 Å². The first kappa shape index (κ1) is 15.1. The van der Waals surface area contributed by atoms with Crippen molar-refractivity contribution in [2.24, 2.45) is 5.73 Å². The SMILES string of the molecule is COc1cnc2cccc(C(O)CN3CCC(N)CC3)c2n1. The molecule has 1 aromatic heterocycles. The lowest BCUT2D eigenvalue weighted by Crippen LogP contribution is -2.41. The summed E-state index contributed by atoms with van der Waals surface area (Å²) in [4.78, 5) is 11.0. The summed E-state index contributed by atoms with van der Waals surface area (Å²) in [7, 11) is 1.56. The summed E-state index contributed by atoms with van der Waals surface area (Å²) < 4.78 is 5.14. The number of likely N-dealkylation sites (tertiary alicyclic amines) is 1. The van der Waals surface area contributed by atoms with Gasteiger partial charge in [-0.15, -0.1) is 0 Å². The number of aliphatic hydroxyl groups excluding tert-OH is 1. The molecule has 1 aliphatic rings. The molecule has 2 heterocycles. The molecule has 0 bridgehead atoms. The van der Waals surface area contributed by atoms with Gasteiger partial charge in [0.25, 0.3) is 0 Å². The molecule has 0 amide bonds. The maximum absolute atomic E-state index is 10.6. The number of benzene rings is 1. The maximum Gasteiger partial charge on any atom is 0.232 e. The Kier molecular flexibility index (Phi) is 4.52. The number of hydrogen-bond donors (Lipinski definition) is 2. The number of aromatic nitrogens is 2. The fraction of sp³-hybridized carbons (Fsp3) is 0.500. The van der Waals surface area contributed by atoms with Crippen LogP contribution >= 0.6 is 0 Å². The van der Waals surface area contributed by atoms with Crippen molar-refractivity contribution < 1.29 is 9.84 Å². The fourth-order valence-corrected chi connectivity index (χ4v) is 2.88. The molecule has 118 valence electrons. The Balaban J connectivity index is 1.82. The zero-order valence-corrected chi connectivity index (χ0v) is 12.8. The lowest BCUT2D eigenvalue weighted by Gasteiger charge is -2.31. The topological polar surface area (TPSA) is 84.5 Å². The largest absolute Gasteiger partial charge is 0.480 e. The predicted molar refractivity (Wildman–Crippen MR) is 84.7 cm³/mol. The fourth-order valence-electron chi connectivity index (χ4n) is 2.88. The quantitative estimate of drug-likeness (QED) is 0.879. The molecule has 0 aliphatic carbocycles. The van der Waals surface area contributed by atoms with E-state index in [-0.39, 0.29) is 0 Å². The number of para-hydroxylation sites is 1. The van der Waals surface area contributed by atoms with Gasteiger partial charge in [0.15, 0.2) is 0 Å². The third-order valence-corrected chi connectivity index (χ3v) is 4.21. The van der Waals surface area contributed by atoms with E-state index in [0.717, 1.165) is 37.0 Å². The highest BCUT2D eigenvalue weighted by atomic mass is 16.5. The van der Waals surface area contributed by atoms with Crippen molar-refractivity contribution in [2.45, 2.75) is 25.0 Å². The van der Waals surface area contributed by atoms with Gasteiger partial charge >= 0.3 is 0 Å². The van der Waals surface area contributed by atoms with Crippen molar-refractivity contribution in [1.82, 2.24) is 14.9 Å². The molecule has 2 aromatic rings. The average molecular weight is 302 g/mol. The van der Waals surface area contributed by atoms with Gasteiger partial charge in [0, 0.05) is 18.2 Å². The minimum Gasteiger partial charge on any atom is -0.480 e. The second-order valence-electron chi connectivity index (χ2n) is 5.78. The van der Waals surface area contributed by atoms with Gasteiger partial charge in [0.05, 0.1) is 30.4 Å². The number of nitrogens with zero attached hydrogens (tertiary/aromatic N) is 3. The Bertz CT molecular complexity index is 641. The minimum atomic E-state index is -0.598. The number of β-amino-alcohol motifs (C(OH)–C–C–N with tert-alkyl or cyclic N) is 1. The summed E-state index contributed by atoms with van der Waals surface area (Å²) in [6, 6.07) is 5.98. The van der Waals surface area contributed by atoms with Crippen LogP contribution in [0.25, 0.3) is 11.0 Å². The van der Waals surface area contributed by atoms with Crippen LogP contribution in [-0.4, -0.2) is 52.8 Å². The third-order valence-electron chi connectivity index (χ3n) is 4.21. The molecule has 0 saturated carbocycles. The minimum absolute atomic E-state index is 0.293. The van der Waals surface area contributed by atoms with E-state index in [0.29, 0.717) is 24.0 Å². The van der Waals surface area contributed by atoms with E-state index < -0.39 is 6.10 Å². The van der Waals surface area contributed by atoms with Gasteiger partial charge in [-0.1, -0.05) is 12.1 Å². The zero-order valence-electron chi connectivity index (χ0n) is 12.8. The number of methoxy groups -OCH3 is 1. The molecule has 0 radical (unpaired) electrons. The Morgan fingerprint density at radius 1 is 1.41 bits per heavy atom. The molecule has 1 aromatic carbocycles. The third kappa shape index (κ3) is 3.19. The van der Waals surface area contributed by atoms with E-state index in [9.17, 15) is 5.11 Å². The molecular weight excluding hydrogens is 280 g/mol. The molecule has 1 fully saturated rings. The van der Waals surface area contributed by atoms with Crippen LogP contribution in [0.2, 0.25) is 0 Å². The van der Waals surface area contributed by atoms with E-state index in [1.807, 2.05) is 18.2 Å². The number of nitrogens with two attached hydrogens (primary N) is 1. The number of fused-ring (bicyclic) bond motifs is 1. The van der Waals surface area contributed by atoms with Crippen molar-refractivity contribution in [3.63, 3.8) is 0 Å². The second-order valence-corrected chi connectivity index (χ2v) is 5.78. The highest BCUT2D eigenvalue weighted by molar-refractivity contribution is 5.78. The van der Waals surface area contributed by atoms with E-state index in [4.69, 9.17) is 10.5 Å². The Hall–Kier alpha value is -1.76. The van der Waals surface area contributed by atoms with E-state index in [1.54, 1.807) is 13.3 Å². The summed E-state index contributed by atoms with van der Waals surface area (Å²) in [5, 5.41) is 10.6. The van der Waals surface area contributed by atoms with Gasteiger partial charge in [-0.25, -0.2) is 9.97 Å². The standard InChI is InChI=1S/C16H22N4O2/c1-22-15-9-18-13-4-2-3-12(16(13)19-15)14(21)10-20-7-5-11(17)6-8-20/h2-4,9,11,14,21H,5-8,10,17H2,1H3. The number of rotatable bonds is 4. The van der Waals surface area contributed by atoms with E-state index >= 15 is 0 Å². The number of piperidine rings is 1. The van der Waals surface area contributed by atoms with Gasteiger partial charge in [-0.3, -0.25) is 0 Å². The molecule has 3 rings (SSSR count). The van der Waals surface area contributed by atoms with Crippen LogP contribution in [-0.2, 0) is 0 Å². The Morgan fingerprint density at radius 2 is 2.18 bits per heavy atom. The molecule has 22 heavy (non-hydrogen) atoms. The van der Waals surface area contributed by atoms with Gasteiger partial charge in [0.2, 0.25) is 5.88 Å². The summed E-state index contributed by atoms with van der Waals surface area (Å²) in [6.45, 7) is 2.45. The smallest absolute Gasteiger partial charge is 0.232 e. The van der Waals surface area contributed by atoms with Crippen LogP contribution in [0.4, 0.5) is 0 Å². The molecular formula is C16H22N4O2. The molecule has 1 unspecified atom stereocenters. The van der Waals surface area contributed by atoms with Crippen molar-refractivity contribution in [1.29, 1.82) is 0 Å². The lowest BCUT2D eigenvalue weighted by atomic mass is 10.0. The molecule has 6 nitrogen and oxygen atoms in total. The number of aliphatic hydroxyl groups is 1. The van der Waals surface area contributed by atoms with Crippen LogP contribution < -0.4 is 10.5 Å². The Labute approximate surface area is 129 Å². The first-order valence-corrected chi connectivity index (χ1v) is 7.63. The normalized spacial score (nSPS) is 18.5. The predicted octanol–water partition coefficient (Wildman–Crippen LogP) is 1.09. The number of hydrogen-bond acceptors (Lipinski definition) is 6. The molecule has 1 atom stereocenters. The highest BCUT2D eigenvalue weighted by Crippen LogP contribution is 2.24. The summed E-state index contributed by atoms with van der Waals surface area (Å²) in [5.74, 6) is 0.455. The van der Waals surface area contributed by atoms with Crippen LogP contribution in [0.1, 0.15) is 24.5 Å². The molecule has 0 spiro atoms. The van der Waals surface area contributed by atoms with E-state index in [1.165, 1.54) is 0 Å². The van der Waals surface area contributed by atoms with Crippen molar-refractivity contribution in [3.8, 4) is 5.88 Å². The van der Waals surface area contributed by atoms with Gasteiger partial charge < -0.3 is 20.5 Å². The average Bonchev–Trinajstić information content (AvgIpc) is 2.55.